The Bertz CT molecular complexity index is 471. The first kappa shape index (κ1) is 14.3. The zero-order valence-electron chi connectivity index (χ0n) is 10.7. The lowest BCUT2D eigenvalue weighted by molar-refractivity contribution is 0.0685. The number of hydrogen-bond donors (Lipinski definition) is 0. The molecule has 0 spiro atoms. The maximum absolute atomic E-state index is 13.5. The molecule has 1 aliphatic rings. The Labute approximate surface area is 116 Å². The summed E-state index contributed by atoms with van der Waals surface area (Å²) in [6, 6.07) is 2.94. The third-order valence-corrected chi connectivity index (χ3v) is 3.99. The summed E-state index contributed by atoms with van der Waals surface area (Å²) in [5, 5.41) is 0.0724. The number of rotatable bonds is 2. The van der Waals surface area contributed by atoms with Gasteiger partial charge < -0.3 is 4.90 Å². The van der Waals surface area contributed by atoms with Gasteiger partial charge >= 0.3 is 0 Å². The quantitative estimate of drug-likeness (QED) is 0.763. The van der Waals surface area contributed by atoms with Gasteiger partial charge in [0, 0.05) is 18.5 Å². The largest absolute Gasteiger partial charge is 0.339 e. The Morgan fingerprint density at radius 3 is 2.58 bits per heavy atom. The molecule has 0 N–H and O–H groups in total. The van der Waals surface area contributed by atoms with Crippen molar-refractivity contribution in [3.05, 3.63) is 35.4 Å². The lowest BCUT2D eigenvalue weighted by Gasteiger charge is -2.33. The van der Waals surface area contributed by atoms with Crippen LogP contribution in [-0.2, 0) is 0 Å². The number of carbonyl (C=O) groups excluding carboxylic acids is 1. The van der Waals surface area contributed by atoms with Gasteiger partial charge in [0.15, 0.2) is 0 Å². The van der Waals surface area contributed by atoms with E-state index >= 15 is 0 Å². The van der Waals surface area contributed by atoms with Gasteiger partial charge in [0.05, 0.1) is 5.56 Å². The summed E-state index contributed by atoms with van der Waals surface area (Å²) in [6.07, 6.45) is 1.60. The monoisotopic (exact) mass is 287 g/mol. The molecule has 2 nitrogen and oxygen atoms in total. The molecule has 1 amide bonds. The molecule has 1 unspecified atom stereocenters. The minimum Gasteiger partial charge on any atom is -0.339 e. The van der Waals surface area contributed by atoms with Crippen molar-refractivity contribution in [2.24, 2.45) is 5.92 Å². The molecule has 0 aromatic heterocycles. The molecular formula is C14H16ClF2NO. The van der Waals surface area contributed by atoms with Crippen molar-refractivity contribution in [1.29, 1.82) is 0 Å². The molecule has 19 heavy (non-hydrogen) atoms. The normalized spacial score (nSPS) is 18.4. The minimum absolute atomic E-state index is 0.0724. The number of alkyl halides is 1. The van der Waals surface area contributed by atoms with Crippen LogP contribution < -0.4 is 0 Å². The maximum Gasteiger partial charge on any atom is 0.256 e. The molecule has 1 atom stereocenters. The molecular weight excluding hydrogens is 272 g/mol. The summed E-state index contributed by atoms with van der Waals surface area (Å²) in [5.41, 5.74) is -0.197. The maximum atomic E-state index is 13.5. The molecule has 1 aliphatic heterocycles. The Balaban J connectivity index is 2.07. The number of benzene rings is 1. The van der Waals surface area contributed by atoms with E-state index in [1.54, 1.807) is 4.90 Å². The van der Waals surface area contributed by atoms with Crippen molar-refractivity contribution < 1.29 is 13.6 Å². The topological polar surface area (TPSA) is 20.3 Å². The molecule has 0 bridgehead atoms. The summed E-state index contributed by atoms with van der Waals surface area (Å²) >= 11 is 6.03. The summed E-state index contributed by atoms with van der Waals surface area (Å²) in [7, 11) is 0. The van der Waals surface area contributed by atoms with E-state index in [-0.39, 0.29) is 10.9 Å². The van der Waals surface area contributed by atoms with Crippen molar-refractivity contribution in [3.63, 3.8) is 0 Å². The van der Waals surface area contributed by atoms with Gasteiger partial charge in [-0.1, -0.05) is 0 Å². The number of hydrogen-bond acceptors (Lipinski definition) is 1. The van der Waals surface area contributed by atoms with Crippen molar-refractivity contribution in [3.8, 4) is 0 Å². The molecule has 104 valence electrons. The van der Waals surface area contributed by atoms with Gasteiger partial charge in [0.2, 0.25) is 0 Å². The molecule has 1 aromatic carbocycles. The highest BCUT2D eigenvalue weighted by Crippen LogP contribution is 2.25. The van der Waals surface area contributed by atoms with Gasteiger partial charge in [-0.3, -0.25) is 4.79 Å². The number of nitrogens with zero attached hydrogens (tertiary/aromatic N) is 1. The predicted octanol–water partition coefficient (Wildman–Crippen LogP) is 3.44. The van der Waals surface area contributed by atoms with Crippen LogP contribution in [0.25, 0.3) is 0 Å². The van der Waals surface area contributed by atoms with Gasteiger partial charge in [0.1, 0.15) is 11.6 Å². The number of carbonyl (C=O) groups is 1. The molecule has 1 heterocycles. The van der Waals surface area contributed by atoms with Crippen LogP contribution in [0.5, 0.6) is 0 Å². The summed E-state index contributed by atoms with van der Waals surface area (Å²) < 4.78 is 26.6. The van der Waals surface area contributed by atoms with Gasteiger partial charge in [-0.2, -0.15) is 0 Å². The first-order chi connectivity index (χ1) is 8.99. The number of amides is 1. The predicted molar refractivity (Wildman–Crippen MR) is 70.3 cm³/mol. The van der Waals surface area contributed by atoms with Crippen LogP contribution in [0.15, 0.2) is 18.2 Å². The molecule has 0 radical (unpaired) electrons. The standard InChI is InChI=1S/C14H16ClF2NO/c1-9(15)10-4-6-18(7-5-10)14(19)12-8-11(16)2-3-13(12)17/h2-3,8-10H,4-7H2,1H3. The summed E-state index contributed by atoms with van der Waals surface area (Å²) in [4.78, 5) is 13.7. The number of piperidine rings is 1. The molecule has 1 fully saturated rings. The number of likely N-dealkylation sites (tertiary alicyclic amines) is 1. The molecule has 1 saturated heterocycles. The summed E-state index contributed by atoms with van der Waals surface area (Å²) in [5.74, 6) is -1.35. The first-order valence-corrected chi connectivity index (χ1v) is 6.81. The Morgan fingerprint density at radius 2 is 2.00 bits per heavy atom. The average molecular weight is 288 g/mol. The molecule has 2 rings (SSSR count). The van der Waals surface area contributed by atoms with Gasteiger partial charge in [-0.05, 0) is 43.9 Å². The third kappa shape index (κ3) is 3.24. The van der Waals surface area contributed by atoms with E-state index in [1.165, 1.54) is 0 Å². The zero-order valence-corrected chi connectivity index (χ0v) is 11.5. The Hall–Kier alpha value is -1.16. The highest BCUT2D eigenvalue weighted by atomic mass is 35.5. The van der Waals surface area contributed by atoms with Crippen molar-refractivity contribution >= 4 is 17.5 Å². The van der Waals surface area contributed by atoms with Crippen LogP contribution in [0, 0.1) is 17.6 Å². The van der Waals surface area contributed by atoms with Crippen LogP contribution in [0.2, 0.25) is 0 Å². The lowest BCUT2D eigenvalue weighted by Crippen LogP contribution is -2.40. The van der Waals surface area contributed by atoms with E-state index < -0.39 is 17.5 Å². The first-order valence-electron chi connectivity index (χ1n) is 6.37. The third-order valence-electron chi connectivity index (χ3n) is 3.64. The molecule has 0 saturated carbocycles. The van der Waals surface area contributed by atoms with Gasteiger partial charge in [-0.25, -0.2) is 8.78 Å². The van der Waals surface area contributed by atoms with Crippen molar-refractivity contribution in [1.82, 2.24) is 4.90 Å². The SMILES string of the molecule is CC(Cl)C1CCN(C(=O)c2cc(F)ccc2F)CC1. The van der Waals surface area contributed by atoms with E-state index in [0.29, 0.717) is 19.0 Å². The smallest absolute Gasteiger partial charge is 0.256 e. The van der Waals surface area contributed by atoms with Crippen LogP contribution in [0.3, 0.4) is 0 Å². The highest BCUT2D eigenvalue weighted by molar-refractivity contribution is 6.20. The highest BCUT2D eigenvalue weighted by Gasteiger charge is 2.27. The van der Waals surface area contributed by atoms with Crippen LogP contribution in [-0.4, -0.2) is 29.3 Å². The fourth-order valence-electron chi connectivity index (χ4n) is 2.39. The van der Waals surface area contributed by atoms with Crippen molar-refractivity contribution in [2.75, 3.05) is 13.1 Å². The van der Waals surface area contributed by atoms with E-state index in [2.05, 4.69) is 0 Å². The molecule has 0 aliphatic carbocycles. The molecule has 1 aromatic rings. The van der Waals surface area contributed by atoms with Crippen molar-refractivity contribution in [2.45, 2.75) is 25.1 Å². The second-order valence-electron chi connectivity index (χ2n) is 4.93. The van der Waals surface area contributed by atoms with Gasteiger partial charge in [-0.15, -0.1) is 11.6 Å². The van der Waals surface area contributed by atoms with Crippen LogP contribution >= 0.6 is 11.6 Å². The lowest BCUT2D eigenvalue weighted by atomic mass is 9.93. The number of halogens is 3. The van der Waals surface area contributed by atoms with Crippen LogP contribution in [0.4, 0.5) is 8.78 Å². The van der Waals surface area contributed by atoms with E-state index in [1.807, 2.05) is 6.92 Å². The average Bonchev–Trinajstić information content (AvgIpc) is 2.41. The Kier molecular flexibility index (Phi) is 4.40. The summed E-state index contributed by atoms with van der Waals surface area (Å²) in [6.45, 7) is 3.02. The van der Waals surface area contributed by atoms with E-state index in [4.69, 9.17) is 11.6 Å². The molecule has 5 heteroatoms. The van der Waals surface area contributed by atoms with E-state index in [0.717, 1.165) is 31.0 Å². The fourth-order valence-corrected chi connectivity index (χ4v) is 2.65. The second kappa shape index (κ2) is 5.87. The fraction of sp³-hybridized carbons (Fsp3) is 0.500. The minimum atomic E-state index is -0.681. The second-order valence-corrected chi connectivity index (χ2v) is 5.62. The Morgan fingerprint density at radius 1 is 1.37 bits per heavy atom. The zero-order chi connectivity index (χ0) is 14.0. The van der Waals surface area contributed by atoms with Crippen LogP contribution in [0.1, 0.15) is 30.1 Å². The van der Waals surface area contributed by atoms with Gasteiger partial charge in [0.25, 0.3) is 5.91 Å². The van der Waals surface area contributed by atoms with E-state index in [9.17, 15) is 13.6 Å².